The molecule has 0 atom stereocenters. The largest absolute Gasteiger partial charge is 4.00 e. The van der Waals surface area contributed by atoms with Gasteiger partial charge in [0.05, 0.1) is 0 Å². The summed E-state index contributed by atoms with van der Waals surface area (Å²) in [6.45, 7) is 13.7. The molecule has 0 fully saturated rings. The standard InChI is InChI=1S/2C11H17.2ClH.Zr/c2*1-4-11(3,5-2)10-8-6-7-9-10;;;/h2*6-9H,4-5H2,1-3H3;2*1H;/q2*-1;;;+4/p-2. The second kappa shape index (κ2) is 14.2. The van der Waals surface area contributed by atoms with Gasteiger partial charge in [-0.05, 0) is 0 Å². The van der Waals surface area contributed by atoms with Gasteiger partial charge in [-0.2, -0.15) is 35.4 Å². The first kappa shape index (κ1) is 29.9. The number of hydrogen-bond acceptors (Lipinski definition) is 0. The van der Waals surface area contributed by atoms with Crippen molar-refractivity contribution < 1.29 is 51.0 Å². The summed E-state index contributed by atoms with van der Waals surface area (Å²) in [5.74, 6) is 0. The molecule has 0 amide bonds. The van der Waals surface area contributed by atoms with Crippen molar-refractivity contribution in [2.45, 2.75) is 78.1 Å². The fourth-order valence-corrected chi connectivity index (χ4v) is 2.87. The van der Waals surface area contributed by atoms with Crippen LogP contribution in [0.2, 0.25) is 0 Å². The molecule has 0 saturated carbocycles. The van der Waals surface area contributed by atoms with Gasteiger partial charge in [0.1, 0.15) is 0 Å². The third-order valence-electron chi connectivity index (χ3n) is 5.84. The van der Waals surface area contributed by atoms with Crippen molar-refractivity contribution in [2.75, 3.05) is 0 Å². The zero-order valence-corrected chi connectivity index (χ0v) is 20.7. The van der Waals surface area contributed by atoms with E-state index < -0.39 is 0 Å². The van der Waals surface area contributed by atoms with Crippen LogP contribution in [0, 0.1) is 0 Å². The number of hydrogen-bond donors (Lipinski definition) is 0. The Morgan fingerprint density at radius 2 is 0.760 bits per heavy atom. The Morgan fingerprint density at radius 3 is 0.920 bits per heavy atom. The van der Waals surface area contributed by atoms with Crippen LogP contribution < -0.4 is 24.8 Å². The van der Waals surface area contributed by atoms with Crippen molar-refractivity contribution in [3.8, 4) is 0 Å². The fraction of sp³-hybridized carbons (Fsp3) is 0.545. The third kappa shape index (κ3) is 8.15. The molecule has 0 aromatic heterocycles. The average Bonchev–Trinajstić information content (AvgIpc) is 3.27. The average molecular weight is 461 g/mol. The van der Waals surface area contributed by atoms with Crippen molar-refractivity contribution in [3.05, 3.63) is 59.7 Å². The van der Waals surface area contributed by atoms with Crippen molar-refractivity contribution in [2.24, 2.45) is 0 Å². The van der Waals surface area contributed by atoms with Gasteiger partial charge in [0.15, 0.2) is 0 Å². The molecule has 0 aliphatic carbocycles. The molecule has 0 nitrogen and oxygen atoms in total. The van der Waals surface area contributed by atoms with Gasteiger partial charge >= 0.3 is 26.2 Å². The topological polar surface area (TPSA) is 0 Å². The van der Waals surface area contributed by atoms with Gasteiger partial charge in [0, 0.05) is 0 Å². The Balaban J connectivity index is -0.000000346. The van der Waals surface area contributed by atoms with Crippen molar-refractivity contribution in [3.63, 3.8) is 0 Å². The molecule has 0 spiro atoms. The Hall–Kier alpha value is 0.163. The minimum atomic E-state index is 0. The molecule has 2 rings (SSSR count). The molecular formula is C22H34Cl2Zr. The molecule has 0 N–H and O–H groups in total. The zero-order valence-electron chi connectivity index (χ0n) is 16.7. The third-order valence-corrected chi connectivity index (χ3v) is 5.84. The first-order valence-electron chi connectivity index (χ1n) is 8.90. The smallest absolute Gasteiger partial charge is 1.00 e. The molecule has 3 heteroatoms. The predicted octanol–water partition coefficient (Wildman–Crippen LogP) is 0.972. The van der Waals surface area contributed by atoms with Crippen LogP contribution in [-0.2, 0) is 37.0 Å². The Morgan fingerprint density at radius 1 is 0.560 bits per heavy atom. The summed E-state index contributed by atoms with van der Waals surface area (Å²) >= 11 is 0. The van der Waals surface area contributed by atoms with Crippen molar-refractivity contribution in [1.29, 1.82) is 0 Å². The van der Waals surface area contributed by atoms with E-state index >= 15 is 0 Å². The molecule has 2 aromatic carbocycles. The molecule has 140 valence electrons. The Kier molecular flexibility index (Phi) is 17.0. The van der Waals surface area contributed by atoms with Crippen LogP contribution in [-0.4, -0.2) is 0 Å². The van der Waals surface area contributed by atoms with Gasteiger partial charge in [-0.1, -0.05) is 78.1 Å². The summed E-state index contributed by atoms with van der Waals surface area (Å²) in [6.07, 6.45) is 4.92. The van der Waals surface area contributed by atoms with Crippen LogP contribution in [0.5, 0.6) is 0 Å². The molecule has 0 radical (unpaired) electrons. The van der Waals surface area contributed by atoms with Crippen LogP contribution in [0.3, 0.4) is 0 Å². The van der Waals surface area contributed by atoms with Gasteiger partial charge in [-0.15, -0.1) is 0 Å². The summed E-state index contributed by atoms with van der Waals surface area (Å²) < 4.78 is 0. The number of rotatable bonds is 6. The monoisotopic (exact) mass is 458 g/mol. The molecule has 2 aromatic rings. The molecule has 0 unspecified atom stereocenters. The predicted molar refractivity (Wildman–Crippen MR) is 99.9 cm³/mol. The Labute approximate surface area is 187 Å². The summed E-state index contributed by atoms with van der Waals surface area (Å²) in [5, 5.41) is 0. The van der Waals surface area contributed by atoms with Crippen LogP contribution in [0.25, 0.3) is 0 Å². The van der Waals surface area contributed by atoms with Gasteiger partial charge < -0.3 is 24.8 Å². The van der Waals surface area contributed by atoms with E-state index in [0.29, 0.717) is 10.8 Å². The molecule has 25 heavy (non-hydrogen) atoms. The number of halogens is 2. The van der Waals surface area contributed by atoms with E-state index in [4.69, 9.17) is 0 Å². The van der Waals surface area contributed by atoms with E-state index in [-0.39, 0.29) is 51.0 Å². The van der Waals surface area contributed by atoms with Gasteiger partial charge in [-0.25, -0.2) is 24.3 Å². The minimum absolute atomic E-state index is 0. The maximum Gasteiger partial charge on any atom is 4.00 e. The maximum atomic E-state index is 2.34. The first-order valence-corrected chi connectivity index (χ1v) is 8.90. The van der Waals surface area contributed by atoms with Crippen molar-refractivity contribution >= 4 is 0 Å². The maximum absolute atomic E-state index is 2.34. The second-order valence-electron chi connectivity index (χ2n) is 6.88. The van der Waals surface area contributed by atoms with E-state index in [9.17, 15) is 0 Å². The zero-order chi connectivity index (χ0) is 16.6. The molecule has 0 bridgehead atoms. The quantitative estimate of drug-likeness (QED) is 0.564. The second-order valence-corrected chi connectivity index (χ2v) is 6.88. The van der Waals surface area contributed by atoms with E-state index in [1.807, 2.05) is 0 Å². The Bertz CT molecular complexity index is 444. The van der Waals surface area contributed by atoms with Gasteiger partial charge in [0.2, 0.25) is 0 Å². The first-order chi connectivity index (χ1) is 10.5. The van der Waals surface area contributed by atoms with Crippen LogP contribution >= 0.6 is 0 Å². The van der Waals surface area contributed by atoms with Crippen molar-refractivity contribution in [1.82, 2.24) is 0 Å². The molecule has 0 aliphatic heterocycles. The summed E-state index contributed by atoms with van der Waals surface area (Å²) in [4.78, 5) is 0. The van der Waals surface area contributed by atoms with E-state index in [1.165, 1.54) is 36.8 Å². The van der Waals surface area contributed by atoms with E-state index in [2.05, 4.69) is 90.1 Å². The van der Waals surface area contributed by atoms with Gasteiger partial charge in [0.25, 0.3) is 0 Å². The molecule has 0 aliphatic rings. The summed E-state index contributed by atoms with van der Waals surface area (Å²) in [5.41, 5.74) is 3.79. The van der Waals surface area contributed by atoms with E-state index in [1.54, 1.807) is 0 Å². The van der Waals surface area contributed by atoms with Crippen LogP contribution in [0.15, 0.2) is 48.5 Å². The molecule has 0 saturated heterocycles. The summed E-state index contributed by atoms with van der Waals surface area (Å²) in [6, 6.07) is 17.4. The SMILES string of the molecule is CCC(C)(CC)[c-]1cccc1.CCC(C)(CC)[c-]1cccc1.[Cl-].[Cl-].[Zr+4]. The summed E-state index contributed by atoms with van der Waals surface area (Å²) in [7, 11) is 0. The van der Waals surface area contributed by atoms with Crippen LogP contribution in [0.4, 0.5) is 0 Å². The fourth-order valence-electron chi connectivity index (χ4n) is 2.87. The van der Waals surface area contributed by atoms with E-state index in [0.717, 1.165) is 0 Å². The molecule has 0 heterocycles. The van der Waals surface area contributed by atoms with Gasteiger partial charge in [-0.3, -0.25) is 0 Å². The van der Waals surface area contributed by atoms with Crippen LogP contribution in [0.1, 0.15) is 78.4 Å². The minimum Gasteiger partial charge on any atom is -1.00 e. The molecular weight excluding hydrogens is 426 g/mol. The normalized spacial score (nSPS) is 10.5.